The number of benzene rings is 1. The fourth-order valence-corrected chi connectivity index (χ4v) is 3.27. The van der Waals surface area contributed by atoms with Crippen LogP contribution in [0.25, 0.3) is 0 Å². The second-order valence-electron chi connectivity index (χ2n) is 7.04. The third kappa shape index (κ3) is 4.60. The molecule has 1 atom stereocenters. The van der Waals surface area contributed by atoms with Crippen molar-refractivity contribution < 1.29 is 22.8 Å². The number of ether oxygens (including phenoxy) is 1. The Morgan fingerprint density at radius 2 is 1.97 bits per heavy atom. The van der Waals surface area contributed by atoms with Crippen molar-refractivity contribution in [2.45, 2.75) is 12.5 Å². The summed E-state index contributed by atoms with van der Waals surface area (Å²) < 4.78 is 29.5. The van der Waals surface area contributed by atoms with Gasteiger partial charge in [-0.2, -0.15) is 5.10 Å². The van der Waals surface area contributed by atoms with Gasteiger partial charge in [0.2, 0.25) is 0 Å². The summed E-state index contributed by atoms with van der Waals surface area (Å²) >= 11 is 0. The van der Waals surface area contributed by atoms with Crippen LogP contribution in [0.15, 0.2) is 75.0 Å². The molecule has 0 bridgehead atoms. The molecule has 0 aliphatic carbocycles. The van der Waals surface area contributed by atoms with Crippen molar-refractivity contribution in [2.24, 2.45) is 5.10 Å². The first-order valence-corrected chi connectivity index (χ1v) is 9.64. The Bertz CT molecular complexity index is 984. The van der Waals surface area contributed by atoms with Crippen LogP contribution < -0.4 is 4.74 Å². The maximum absolute atomic E-state index is 13.0. The Morgan fingerprint density at radius 3 is 2.67 bits per heavy atom. The van der Waals surface area contributed by atoms with Crippen LogP contribution >= 0.6 is 0 Å². The van der Waals surface area contributed by atoms with Gasteiger partial charge in [0.1, 0.15) is 41.4 Å². The Labute approximate surface area is 173 Å². The summed E-state index contributed by atoms with van der Waals surface area (Å²) in [5.74, 6) is 1.44. The highest BCUT2D eigenvalue weighted by atomic mass is 19.1. The van der Waals surface area contributed by atoms with Gasteiger partial charge in [0, 0.05) is 13.0 Å². The van der Waals surface area contributed by atoms with Gasteiger partial charge in [-0.25, -0.2) is 9.40 Å². The van der Waals surface area contributed by atoms with E-state index >= 15 is 0 Å². The van der Waals surface area contributed by atoms with Crippen LogP contribution in [-0.2, 0) is 4.79 Å². The van der Waals surface area contributed by atoms with E-state index in [0.29, 0.717) is 42.6 Å². The van der Waals surface area contributed by atoms with E-state index in [1.54, 1.807) is 36.8 Å². The molecule has 1 aliphatic heterocycles. The summed E-state index contributed by atoms with van der Waals surface area (Å²) in [7, 11) is 1.83. The molecule has 3 heterocycles. The van der Waals surface area contributed by atoms with Gasteiger partial charge in [0.05, 0.1) is 19.1 Å². The summed E-state index contributed by atoms with van der Waals surface area (Å²) in [6.45, 7) is 1.06. The minimum atomic E-state index is -0.309. The summed E-state index contributed by atoms with van der Waals surface area (Å²) in [4.78, 5) is 14.8. The molecule has 0 radical (unpaired) electrons. The van der Waals surface area contributed by atoms with Gasteiger partial charge in [-0.05, 0) is 55.6 Å². The molecule has 0 N–H and O–H groups in total. The van der Waals surface area contributed by atoms with Crippen molar-refractivity contribution in [1.82, 2.24) is 9.91 Å². The second kappa shape index (κ2) is 8.96. The summed E-state index contributed by atoms with van der Waals surface area (Å²) in [6, 6.07) is 12.8. The molecule has 0 saturated heterocycles. The zero-order chi connectivity index (χ0) is 20.9. The lowest BCUT2D eigenvalue weighted by Gasteiger charge is -2.23. The molecule has 8 heteroatoms. The predicted molar refractivity (Wildman–Crippen MR) is 108 cm³/mol. The van der Waals surface area contributed by atoms with Crippen molar-refractivity contribution in [2.75, 3.05) is 26.7 Å². The van der Waals surface area contributed by atoms with Gasteiger partial charge < -0.3 is 13.6 Å². The smallest absolute Gasteiger partial charge is 0.257 e. The fourth-order valence-electron chi connectivity index (χ4n) is 3.27. The zero-order valence-electron chi connectivity index (χ0n) is 16.5. The second-order valence-corrected chi connectivity index (χ2v) is 7.04. The van der Waals surface area contributed by atoms with Crippen LogP contribution in [-0.4, -0.2) is 48.3 Å². The largest absolute Gasteiger partial charge is 0.492 e. The zero-order valence-corrected chi connectivity index (χ0v) is 16.5. The van der Waals surface area contributed by atoms with E-state index in [9.17, 15) is 9.18 Å². The molecule has 156 valence electrons. The molecule has 2 aromatic heterocycles. The van der Waals surface area contributed by atoms with Crippen LogP contribution in [0.1, 0.15) is 24.0 Å². The first kappa shape index (κ1) is 19.9. The Hall–Kier alpha value is -3.39. The molecular weight excluding hydrogens is 389 g/mol. The van der Waals surface area contributed by atoms with Crippen molar-refractivity contribution in [3.8, 4) is 5.75 Å². The maximum Gasteiger partial charge on any atom is 0.257 e. The average Bonchev–Trinajstić information content (AvgIpc) is 3.49. The van der Waals surface area contributed by atoms with Crippen LogP contribution in [0.5, 0.6) is 5.75 Å². The van der Waals surface area contributed by atoms with E-state index < -0.39 is 0 Å². The monoisotopic (exact) mass is 411 g/mol. The molecule has 1 amide bonds. The number of carbonyl (C=O) groups excluding carboxylic acids is 1. The number of hydrogen-bond donors (Lipinski definition) is 0. The Kier molecular flexibility index (Phi) is 5.94. The number of likely N-dealkylation sites (N-methyl/N-ethyl adjacent to an activating group) is 1. The number of carbonyl (C=O) groups is 1. The summed E-state index contributed by atoms with van der Waals surface area (Å²) in [6.07, 6.45) is 3.69. The van der Waals surface area contributed by atoms with E-state index in [1.165, 1.54) is 17.1 Å². The minimum Gasteiger partial charge on any atom is -0.492 e. The maximum atomic E-state index is 13.0. The number of rotatable bonds is 8. The molecule has 0 saturated carbocycles. The van der Waals surface area contributed by atoms with E-state index in [4.69, 9.17) is 13.6 Å². The molecule has 1 aromatic carbocycles. The van der Waals surface area contributed by atoms with Gasteiger partial charge in [-0.1, -0.05) is 0 Å². The standard InChI is InChI=1S/C22H22FN3O4/c1-25(10-13-28-17-8-6-16(23)7-9-17)15-22(27)26-19(21-5-3-12-30-21)14-18(24-26)20-4-2-11-29-20/h2-9,11-12,19H,10,13-15H2,1H3. The van der Waals surface area contributed by atoms with Gasteiger partial charge in [0.15, 0.2) is 0 Å². The molecule has 1 aliphatic rings. The normalized spacial score (nSPS) is 16.2. The van der Waals surface area contributed by atoms with E-state index in [-0.39, 0.29) is 24.3 Å². The summed E-state index contributed by atoms with van der Waals surface area (Å²) in [5, 5.41) is 5.98. The minimum absolute atomic E-state index is 0.151. The molecule has 3 aromatic rings. The van der Waals surface area contributed by atoms with Crippen molar-refractivity contribution in [1.29, 1.82) is 0 Å². The Balaban J connectivity index is 1.36. The van der Waals surface area contributed by atoms with E-state index in [2.05, 4.69) is 5.10 Å². The highest BCUT2D eigenvalue weighted by Gasteiger charge is 2.35. The van der Waals surface area contributed by atoms with Crippen LogP contribution in [0.2, 0.25) is 0 Å². The Morgan fingerprint density at radius 1 is 1.20 bits per heavy atom. The van der Waals surface area contributed by atoms with E-state index in [0.717, 1.165) is 0 Å². The number of hydrazone groups is 1. The molecular formula is C22H22FN3O4. The van der Waals surface area contributed by atoms with Gasteiger partial charge in [-0.15, -0.1) is 0 Å². The summed E-state index contributed by atoms with van der Waals surface area (Å²) in [5.41, 5.74) is 0.706. The number of furan rings is 2. The van der Waals surface area contributed by atoms with Crippen LogP contribution in [0.4, 0.5) is 4.39 Å². The molecule has 30 heavy (non-hydrogen) atoms. The third-order valence-electron chi connectivity index (χ3n) is 4.80. The quantitative estimate of drug-likeness (QED) is 0.565. The van der Waals surface area contributed by atoms with Crippen molar-refractivity contribution in [3.05, 3.63) is 78.4 Å². The lowest BCUT2D eigenvalue weighted by molar-refractivity contribution is -0.134. The molecule has 4 rings (SSSR count). The number of amides is 1. The van der Waals surface area contributed by atoms with Crippen LogP contribution in [0.3, 0.4) is 0 Å². The first-order valence-electron chi connectivity index (χ1n) is 9.64. The highest BCUT2D eigenvalue weighted by molar-refractivity contribution is 6.01. The SMILES string of the molecule is CN(CCOc1ccc(F)cc1)CC(=O)N1N=C(c2ccco2)CC1c1ccco1. The van der Waals surface area contributed by atoms with Crippen molar-refractivity contribution in [3.63, 3.8) is 0 Å². The molecule has 0 spiro atoms. The average molecular weight is 411 g/mol. The molecule has 0 fully saturated rings. The van der Waals surface area contributed by atoms with Crippen molar-refractivity contribution >= 4 is 11.6 Å². The molecule has 7 nitrogen and oxygen atoms in total. The predicted octanol–water partition coefficient (Wildman–Crippen LogP) is 3.70. The third-order valence-corrected chi connectivity index (χ3v) is 4.80. The van der Waals surface area contributed by atoms with Gasteiger partial charge in [0.25, 0.3) is 5.91 Å². The van der Waals surface area contributed by atoms with Gasteiger partial charge >= 0.3 is 0 Å². The van der Waals surface area contributed by atoms with E-state index in [1.807, 2.05) is 24.1 Å². The molecule has 1 unspecified atom stereocenters. The number of nitrogens with zero attached hydrogens (tertiary/aromatic N) is 3. The number of halogens is 1. The highest BCUT2D eigenvalue weighted by Crippen LogP contribution is 2.33. The number of hydrogen-bond acceptors (Lipinski definition) is 6. The van der Waals surface area contributed by atoms with Crippen LogP contribution in [0, 0.1) is 5.82 Å². The topological polar surface area (TPSA) is 71.4 Å². The lowest BCUT2D eigenvalue weighted by atomic mass is 10.1. The lowest BCUT2D eigenvalue weighted by Crippen LogP contribution is -2.37. The first-order chi connectivity index (χ1) is 14.6. The van der Waals surface area contributed by atoms with Gasteiger partial charge in [-0.3, -0.25) is 9.69 Å². The fraction of sp³-hybridized carbons (Fsp3) is 0.273.